The van der Waals surface area contributed by atoms with Gasteiger partial charge in [-0.25, -0.2) is 0 Å². The van der Waals surface area contributed by atoms with E-state index in [2.05, 4.69) is 5.92 Å². The molecule has 0 fully saturated rings. The van der Waals surface area contributed by atoms with E-state index in [1.807, 2.05) is 0 Å². The Bertz CT molecular complexity index is 339. The van der Waals surface area contributed by atoms with Crippen molar-refractivity contribution in [2.75, 3.05) is 13.7 Å². The quantitative estimate of drug-likeness (QED) is 0.728. The van der Waals surface area contributed by atoms with E-state index in [-0.39, 0.29) is 13.2 Å². The van der Waals surface area contributed by atoms with Gasteiger partial charge in [0.25, 0.3) is 0 Å². The molecule has 1 N–H and O–H groups in total. The fraction of sp³-hybridized carbons (Fsp3) is 0.273. The van der Waals surface area contributed by atoms with E-state index in [1.165, 1.54) is 0 Å². The van der Waals surface area contributed by atoms with Crippen molar-refractivity contribution in [1.29, 1.82) is 0 Å². The van der Waals surface area contributed by atoms with E-state index in [1.54, 1.807) is 25.3 Å². The number of aliphatic hydroxyl groups is 1. The largest absolute Gasteiger partial charge is 0.493 e. The molecular weight excluding hydrogens is 180 g/mol. The second kappa shape index (κ2) is 5.15. The highest BCUT2D eigenvalue weighted by Crippen LogP contribution is 2.27. The molecule has 3 heteroatoms. The summed E-state index contributed by atoms with van der Waals surface area (Å²) in [4.78, 5) is 0. The maximum atomic E-state index is 8.91. The van der Waals surface area contributed by atoms with Crippen molar-refractivity contribution in [3.05, 3.63) is 23.8 Å². The molecule has 1 aromatic carbocycles. The Balaban J connectivity index is 2.91. The predicted octanol–water partition coefficient (Wildman–Crippen LogP) is 1.20. The van der Waals surface area contributed by atoms with Gasteiger partial charge in [0.2, 0.25) is 0 Å². The molecule has 0 amide bonds. The molecule has 0 saturated carbocycles. The van der Waals surface area contributed by atoms with Crippen molar-refractivity contribution in [3.8, 4) is 23.8 Å². The van der Waals surface area contributed by atoms with Crippen LogP contribution in [0.3, 0.4) is 0 Å². The zero-order valence-electron chi connectivity index (χ0n) is 7.99. The maximum Gasteiger partial charge on any atom is 0.162 e. The first-order valence-electron chi connectivity index (χ1n) is 4.16. The van der Waals surface area contributed by atoms with Crippen molar-refractivity contribution >= 4 is 0 Å². The van der Waals surface area contributed by atoms with Crippen LogP contribution in [0, 0.1) is 12.3 Å². The topological polar surface area (TPSA) is 38.7 Å². The minimum Gasteiger partial charge on any atom is -0.493 e. The Labute approximate surface area is 83.3 Å². The molecule has 1 aromatic rings. The fourth-order valence-electron chi connectivity index (χ4n) is 1.05. The molecule has 0 aliphatic rings. The van der Waals surface area contributed by atoms with E-state index in [0.29, 0.717) is 11.5 Å². The van der Waals surface area contributed by atoms with Gasteiger partial charge in [-0.3, -0.25) is 0 Å². The minimum atomic E-state index is -0.0313. The summed E-state index contributed by atoms with van der Waals surface area (Å²) in [5, 5.41) is 8.91. The third-order valence-corrected chi connectivity index (χ3v) is 1.72. The van der Waals surface area contributed by atoms with Crippen LogP contribution < -0.4 is 9.47 Å². The molecule has 74 valence electrons. The van der Waals surface area contributed by atoms with Gasteiger partial charge in [-0.05, 0) is 17.7 Å². The van der Waals surface area contributed by atoms with E-state index in [4.69, 9.17) is 21.0 Å². The first-order chi connectivity index (χ1) is 6.81. The van der Waals surface area contributed by atoms with Crippen LogP contribution in [-0.2, 0) is 6.61 Å². The van der Waals surface area contributed by atoms with Crippen molar-refractivity contribution in [1.82, 2.24) is 0 Å². The SMILES string of the molecule is C#CCOc1cc(CO)ccc1OC. The lowest BCUT2D eigenvalue weighted by molar-refractivity contribution is 0.279. The number of methoxy groups -OCH3 is 1. The van der Waals surface area contributed by atoms with Crippen molar-refractivity contribution in [3.63, 3.8) is 0 Å². The summed E-state index contributed by atoms with van der Waals surface area (Å²) in [6.45, 7) is 0.154. The Morgan fingerprint density at radius 3 is 2.79 bits per heavy atom. The smallest absolute Gasteiger partial charge is 0.162 e. The second-order valence-corrected chi connectivity index (χ2v) is 2.64. The van der Waals surface area contributed by atoms with Crippen LogP contribution in [-0.4, -0.2) is 18.8 Å². The van der Waals surface area contributed by atoms with Crippen LogP contribution >= 0.6 is 0 Å². The average Bonchev–Trinajstić information content (AvgIpc) is 2.25. The number of aliphatic hydroxyl groups excluding tert-OH is 1. The Morgan fingerprint density at radius 2 is 2.21 bits per heavy atom. The van der Waals surface area contributed by atoms with Crippen LogP contribution in [0.4, 0.5) is 0 Å². The van der Waals surface area contributed by atoms with Gasteiger partial charge in [0.15, 0.2) is 11.5 Å². The highest BCUT2D eigenvalue weighted by atomic mass is 16.5. The molecule has 0 bridgehead atoms. The van der Waals surface area contributed by atoms with Gasteiger partial charge in [-0.2, -0.15) is 0 Å². The van der Waals surface area contributed by atoms with Gasteiger partial charge in [-0.15, -0.1) is 6.42 Å². The van der Waals surface area contributed by atoms with Crippen molar-refractivity contribution in [2.45, 2.75) is 6.61 Å². The monoisotopic (exact) mass is 192 g/mol. The van der Waals surface area contributed by atoms with E-state index in [9.17, 15) is 0 Å². The minimum absolute atomic E-state index is 0.0313. The highest BCUT2D eigenvalue weighted by molar-refractivity contribution is 5.42. The normalized spacial score (nSPS) is 9.21. The van der Waals surface area contributed by atoms with Crippen molar-refractivity contribution < 1.29 is 14.6 Å². The average molecular weight is 192 g/mol. The first-order valence-corrected chi connectivity index (χ1v) is 4.16. The molecule has 0 radical (unpaired) electrons. The molecule has 0 aliphatic heterocycles. The number of ether oxygens (including phenoxy) is 2. The lowest BCUT2D eigenvalue weighted by Crippen LogP contribution is -1.97. The number of terminal acetylenes is 1. The summed E-state index contributed by atoms with van der Waals surface area (Å²) < 4.78 is 10.3. The summed E-state index contributed by atoms with van der Waals surface area (Å²) in [6, 6.07) is 5.20. The van der Waals surface area contributed by atoms with Crippen LogP contribution in [0.25, 0.3) is 0 Å². The van der Waals surface area contributed by atoms with Crippen LogP contribution in [0.5, 0.6) is 11.5 Å². The molecule has 0 aromatic heterocycles. The lowest BCUT2D eigenvalue weighted by atomic mass is 10.2. The highest BCUT2D eigenvalue weighted by Gasteiger charge is 2.04. The molecule has 0 unspecified atom stereocenters. The summed E-state index contributed by atoms with van der Waals surface area (Å²) in [5.74, 6) is 3.53. The third-order valence-electron chi connectivity index (χ3n) is 1.72. The number of hydrogen-bond acceptors (Lipinski definition) is 3. The van der Waals surface area contributed by atoms with Gasteiger partial charge in [0.05, 0.1) is 13.7 Å². The maximum absolute atomic E-state index is 8.91. The lowest BCUT2D eigenvalue weighted by Gasteiger charge is -2.09. The van der Waals surface area contributed by atoms with Crippen LogP contribution in [0.2, 0.25) is 0 Å². The zero-order chi connectivity index (χ0) is 10.4. The van der Waals surface area contributed by atoms with E-state index in [0.717, 1.165) is 5.56 Å². The summed E-state index contributed by atoms with van der Waals surface area (Å²) in [7, 11) is 1.55. The predicted molar refractivity (Wildman–Crippen MR) is 53.2 cm³/mol. The molecule has 0 heterocycles. The Morgan fingerprint density at radius 1 is 1.43 bits per heavy atom. The molecule has 0 saturated heterocycles. The molecule has 0 spiro atoms. The molecule has 1 rings (SSSR count). The number of rotatable bonds is 4. The number of benzene rings is 1. The molecule has 3 nitrogen and oxygen atoms in total. The molecule has 0 aliphatic carbocycles. The van der Waals surface area contributed by atoms with Crippen LogP contribution in [0.15, 0.2) is 18.2 Å². The standard InChI is InChI=1S/C11H12O3/c1-3-6-14-11-7-9(8-12)4-5-10(11)13-2/h1,4-5,7,12H,6,8H2,2H3. The van der Waals surface area contributed by atoms with Crippen molar-refractivity contribution in [2.24, 2.45) is 0 Å². The van der Waals surface area contributed by atoms with Gasteiger partial charge in [0.1, 0.15) is 6.61 Å². The molecular formula is C11H12O3. The Hall–Kier alpha value is -1.66. The summed E-state index contributed by atoms with van der Waals surface area (Å²) in [5.41, 5.74) is 0.762. The second-order valence-electron chi connectivity index (χ2n) is 2.64. The summed E-state index contributed by atoms with van der Waals surface area (Å²) >= 11 is 0. The van der Waals surface area contributed by atoms with E-state index >= 15 is 0 Å². The van der Waals surface area contributed by atoms with Crippen LogP contribution in [0.1, 0.15) is 5.56 Å². The van der Waals surface area contributed by atoms with E-state index < -0.39 is 0 Å². The summed E-state index contributed by atoms with van der Waals surface area (Å²) in [6.07, 6.45) is 5.07. The molecule has 0 atom stereocenters. The van der Waals surface area contributed by atoms with Gasteiger partial charge in [-0.1, -0.05) is 12.0 Å². The third kappa shape index (κ3) is 2.41. The van der Waals surface area contributed by atoms with Gasteiger partial charge in [0, 0.05) is 0 Å². The van der Waals surface area contributed by atoms with Gasteiger partial charge >= 0.3 is 0 Å². The molecule has 14 heavy (non-hydrogen) atoms. The number of hydrogen-bond donors (Lipinski definition) is 1. The fourth-order valence-corrected chi connectivity index (χ4v) is 1.05. The zero-order valence-corrected chi connectivity index (χ0v) is 7.99. The first kappa shape index (κ1) is 10.4. The van der Waals surface area contributed by atoms with Gasteiger partial charge < -0.3 is 14.6 Å². The Kier molecular flexibility index (Phi) is 3.84.